The molecule has 0 amide bonds. The standard InChI is InChI=1S/C11H18N2S/c1-4-5-10-11(13-7-12)9(6-14-10)8(2)3/h6-8H,4-5H2,1-3H3,(H2,12,13). The molecule has 2 nitrogen and oxygen atoms in total. The van der Waals surface area contributed by atoms with E-state index >= 15 is 0 Å². The molecule has 0 aliphatic heterocycles. The van der Waals surface area contributed by atoms with Crippen molar-refractivity contribution >= 4 is 23.4 Å². The van der Waals surface area contributed by atoms with E-state index in [0.717, 1.165) is 18.5 Å². The molecule has 1 rings (SSSR count). The van der Waals surface area contributed by atoms with Gasteiger partial charge >= 0.3 is 0 Å². The van der Waals surface area contributed by atoms with Gasteiger partial charge in [0.2, 0.25) is 0 Å². The van der Waals surface area contributed by atoms with Crippen LogP contribution < -0.4 is 5.73 Å². The molecule has 14 heavy (non-hydrogen) atoms. The molecule has 78 valence electrons. The van der Waals surface area contributed by atoms with Gasteiger partial charge in [-0.1, -0.05) is 27.2 Å². The van der Waals surface area contributed by atoms with Crippen molar-refractivity contribution in [3.8, 4) is 0 Å². The van der Waals surface area contributed by atoms with Crippen LogP contribution in [0.2, 0.25) is 0 Å². The van der Waals surface area contributed by atoms with E-state index in [-0.39, 0.29) is 0 Å². The topological polar surface area (TPSA) is 38.4 Å². The summed E-state index contributed by atoms with van der Waals surface area (Å²) in [5, 5.41) is 2.21. The lowest BCUT2D eigenvalue weighted by Gasteiger charge is -2.04. The number of aryl methyl sites for hydroxylation is 1. The highest BCUT2D eigenvalue weighted by atomic mass is 32.1. The van der Waals surface area contributed by atoms with Crippen LogP contribution >= 0.6 is 11.3 Å². The van der Waals surface area contributed by atoms with E-state index in [0.29, 0.717) is 5.92 Å². The van der Waals surface area contributed by atoms with Gasteiger partial charge < -0.3 is 5.73 Å². The highest BCUT2D eigenvalue weighted by Crippen LogP contribution is 2.36. The molecule has 0 aliphatic rings. The van der Waals surface area contributed by atoms with Gasteiger partial charge in [-0.25, -0.2) is 4.99 Å². The average Bonchev–Trinajstić information content (AvgIpc) is 2.50. The molecule has 1 aromatic heterocycles. The normalized spacial score (nSPS) is 11.7. The van der Waals surface area contributed by atoms with Gasteiger partial charge in [0.15, 0.2) is 0 Å². The molecule has 0 aliphatic carbocycles. The van der Waals surface area contributed by atoms with Crippen molar-refractivity contribution < 1.29 is 0 Å². The summed E-state index contributed by atoms with van der Waals surface area (Å²) in [5.41, 5.74) is 7.79. The second-order valence-corrected chi connectivity index (χ2v) is 4.61. The fourth-order valence-corrected chi connectivity index (χ4v) is 2.70. The Kier molecular flexibility index (Phi) is 4.14. The number of hydrogen-bond acceptors (Lipinski definition) is 2. The fraction of sp³-hybridized carbons (Fsp3) is 0.545. The molecular formula is C11H18N2S. The van der Waals surface area contributed by atoms with Gasteiger partial charge in [-0.15, -0.1) is 11.3 Å². The summed E-state index contributed by atoms with van der Waals surface area (Å²) in [4.78, 5) is 5.63. The van der Waals surface area contributed by atoms with Crippen LogP contribution in [0, 0.1) is 0 Å². The quantitative estimate of drug-likeness (QED) is 0.600. The van der Waals surface area contributed by atoms with Crippen molar-refractivity contribution in [3.63, 3.8) is 0 Å². The molecule has 0 atom stereocenters. The van der Waals surface area contributed by atoms with Gasteiger partial charge in [0, 0.05) is 4.88 Å². The molecule has 2 N–H and O–H groups in total. The van der Waals surface area contributed by atoms with Gasteiger partial charge in [-0.05, 0) is 23.3 Å². The Morgan fingerprint density at radius 3 is 2.79 bits per heavy atom. The molecule has 1 aromatic rings. The Balaban J connectivity index is 3.06. The molecule has 0 spiro atoms. The fourth-order valence-electron chi connectivity index (χ4n) is 1.44. The molecule has 0 saturated carbocycles. The number of nitrogens with two attached hydrogens (primary N) is 1. The zero-order valence-corrected chi connectivity index (χ0v) is 9.90. The van der Waals surface area contributed by atoms with Gasteiger partial charge in [0.25, 0.3) is 0 Å². The zero-order valence-electron chi connectivity index (χ0n) is 9.08. The minimum atomic E-state index is 0.524. The summed E-state index contributed by atoms with van der Waals surface area (Å²) in [6.45, 7) is 6.56. The Labute approximate surface area is 89.9 Å². The van der Waals surface area contributed by atoms with Crippen molar-refractivity contribution in [2.75, 3.05) is 0 Å². The van der Waals surface area contributed by atoms with Crippen molar-refractivity contribution in [2.45, 2.75) is 39.5 Å². The summed E-state index contributed by atoms with van der Waals surface area (Å²) < 4.78 is 0. The van der Waals surface area contributed by atoms with Gasteiger partial charge in [0.05, 0.1) is 12.0 Å². The summed E-state index contributed by atoms with van der Waals surface area (Å²) in [6, 6.07) is 0. The first-order valence-corrected chi connectivity index (χ1v) is 5.93. The molecule has 0 aromatic carbocycles. The van der Waals surface area contributed by atoms with E-state index in [1.807, 2.05) is 0 Å². The van der Waals surface area contributed by atoms with Crippen LogP contribution in [0.3, 0.4) is 0 Å². The molecule has 1 heterocycles. The van der Waals surface area contributed by atoms with E-state index in [4.69, 9.17) is 5.73 Å². The minimum absolute atomic E-state index is 0.524. The lowest BCUT2D eigenvalue weighted by Crippen LogP contribution is -1.90. The van der Waals surface area contributed by atoms with E-state index in [1.165, 1.54) is 16.8 Å². The van der Waals surface area contributed by atoms with Crippen LogP contribution in [0.4, 0.5) is 5.69 Å². The monoisotopic (exact) mass is 210 g/mol. The second kappa shape index (κ2) is 5.15. The molecule has 3 heteroatoms. The minimum Gasteiger partial charge on any atom is -0.390 e. The first-order valence-electron chi connectivity index (χ1n) is 5.05. The highest BCUT2D eigenvalue weighted by molar-refractivity contribution is 7.10. The highest BCUT2D eigenvalue weighted by Gasteiger charge is 2.12. The zero-order chi connectivity index (χ0) is 10.6. The van der Waals surface area contributed by atoms with Crippen molar-refractivity contribution in [1.82, 2.24) is 0 Å². The third kappa shape index (κ3) is 2.35. The van der Waals surface area contributed by atoms with E-state index in [1.54, 1.807) is 11.3 Å². The van der Waals surface area contributed by atoms with E-state index in [9.17, 15) is 0 Å². The van der Waals surface area contributed by atoms with Crippen LogP contribution in [0.1, 0.15) is 43.6 Å². The summed E-state index contributed by atoms with van der Waals surface area (Å²) in [7, 11) is 0. The molecule has 0 radical (unpaired) electrons. The van der Waals surface area contributed by atoms with Crippen LogP contribution in [-0.2, 0) is 6.42 Å². The third-order valence-corrected chi connectivity index (χ3v) is 3.22. The number of thiophene rings is 1. The number of hydrogen-bond donors (Lipinski definition) is 1. The maximum absolute atomic E-state index is 5.37. The maximum Gasteiger partial charge on any atom is 0.0860 e. The predicted molar refractivity (Wildman–Crippen MR) is 64.7 cm³/mol. The van der Waals surface area contributed by atoms with Crippen molar-refractivity contribution in [1.29, 1.82) is 0 Å². The van der Waals surface area contributed by atoms with Crippen molar-refractivity contribution in [2.24, 2.45) is 10.7 Å². The number of aliphatic imine (C=N–C) groups is 1. The number of rotatable bonds is 4. The molecule has 0 saturated heterocycles. The number of nitrogens with zero attached hydrogens (tertiary/aromatic N) is 1. The molecule has 0 unspecified atom stereocenters. The molecule has 0 bridgehead atoms. The summed E-state index contributed by atoms with van der Waals surface area (Å²) in [6.07, 6.45) is 3.66. The second-order valence-electron chi connectivity index (χ2n) is 3.65. The Hall–Kier alpha value is -0.830. The average molecular weight is 210 g/mol. The van der Waals surface area contributed by atoms with Crippen LogP contribution in [0.15, 0.2) is 10.4 Å². The van der Waals surface area contributed by atoms with Crippen LogP contribution in [0.25, 0.3) is 0 Å². The lowest BCUT2D eigenvalue weighted by molar-refractivity contribution is 0.867. The van der Waals surface area contributed by atoms with E-state index < -0.39 is 0 Å². The van der Waals surface area contributed by atoms with E-state index in [2.05, 4.69) is 31.1 Å². The molecule has 0 fully saturated rings. The largest absolute Gasteiger partial charge is 0.390 e. The Morgan fingerprint density at radius 1 is 1.57 bits per heavy atom. The SMILES string of the molecule is CCCc1scc(C(C)C)c1/N=C\N. The summed E-state index contributed by atoms with van der Waals surface area (Å²) >= 11 is 1.80. The Morgan fingerprint density at radius 2 is 2.29 bits per heavy atom. The van der Waals surface area contributed by atoms with Gasteiger partial charge in [0.1, 0.15) is 0 Å². The maximum atomic E-state index is 5.37. The Bertz CT molecular complexity index is 313. The third-order valence-electron chi connectivity index (χ3n) is 2.17. The van der Waals surface area contributed by atoms with Gasteiger partial charge in [-0.3, -0.25) is 0 Å². The molecular weight excluding hydrogens is 192 g/mol. The predicted octanol–water partition coefficient (Wildman–Crippen LogP) is 3.44. The lowest BCUT2D eigenvalue weighted by atomic mass is 10.0. The summed E-state index contributed by atoms with van der Waals surface area (Å²) in [5.74, 6) is 0.524. The van der Waals surface area contributed by atoms with Gasteiger partial charge in [-0.2, -0.15) is 0 Å². The first kappa shape index (κ1) is 11.2. The smallest absolute Gasteiger partial charge is 0.0860 e. The van der Waals surface area contributed by atoms with Crippen LogP contribution in [0.5, 0.6) is 0 Å². The van der Waals surface area contributed by atoms with Crippen LogP contribution in [-0.4, -0.2) is 6.34 Å². The first-order chi connectivity index (χ1) is 6.70. The van der Waals surface area contributed by atoms with Crippen molar-refractivity contribution in [3.05, 3.63) is 15.8 Å².